The van der Waals surface area contributed by atoms with E-state index in [1.54, 1.807) is 24.3 Å². The molecule has 0 radical (unpaired) electrons. The van der Waals surface area contributed by atoms with E-state index in [1.165, 1.54) is 6.92 Å². The van der Waals surface area contributed by atoms with Crippen LogP contribution in [-0.4, -0.2) is 24.5 Å². The SMILES string of the molecule is CCOc1ccc(O[C@@H](C)C(=O)NNC(=O)c2ccc(C(F)(F)F)cc2)cc1. The number of hydrogen-bond acceptors (Lipinski definition) is 4. The molecule has 2 aromatic carbocycles. The van der Waals surface area contributed by atoms with Crippen molar-refractivity contribution in [2.24, 2.45) is 0 Å². The Balaban J connectivity index is 1.85. The number of carbonyl (C=O) groups excluding carboxylic acids is 2. The smallest absolute Gasteiger partial charge is 0.416 e. The van der Waals surface area contributed by atoms with Gasteiger partial charge in [0.2, 0.25) is 0 Å². The molecule has 6 nitrogen and oxygen atoms in total. The molecular weight excluding hydrogens is 377 g/mol. The minimum atomic E-state index is -4.49. The Morgan fingerprint density at radius 1 is 0.964 bits per heavy atom. The van der Waals surface area contributed by atoms with Gasteiger partial charge in [-0.2, -0.15) is 13.2 Å². The Labute approximate surface area is 159 Å². The molecular formula is C19H19F3N2O4. The first kappa shape index (κ1) is 21.1. The summed E-state index contributed by atoms with van der Waals surface area (Å²) < 4.78 is 48.3. The largest absolute Gasteiger partial charge is 0.494 e. The van der Waals surface area contributed by atoms with E-state index in [9.17, 15) is 22.8 Å². The van der Waals surface area contributed by atoms with Crippen LogP contribution in [0.15, 0.2) is 48.5 Å². The zero-order chi connectivity index (χ0) is 20.7. The minimum absolute atomic E-state index is 0.0339. The molecule has 0 saturated heterocycles. The van der Waals surface area contributed by atoms with Crippen LogP contribution in [-0.2, 0) is 11.0 Å². The molecule has 0 saturated carbocycles. The molecule has 2 amide bonds. The lowest BCUT2D eigenvalue weighted by Gasteiger charge is -2.15. The standard InChI is InChI=1S/C19H19F3N2O4/c1-3-27-15-8-10-16(11-9-15)28-12(2)17(25)23-24-18(26)13-4-6-14(7-5-13)19(20,21)22/h4-12H,3H2,1-2H3,(H,23,25)(H,24,26)/t12-/m0/s1. The fraction of sp³-hybridized carbons (Fsp3) is 0.263. The van der Waals surface area contributed by atoms with Crippen molar-refractivity contribution in [1.29, 1.82) is 0 Å². The molecule has 0 aliphatic carbocycles. The quantitative estimate of drug-likeness (QED) is 0.735. The summed E-state index contributed by atoms with van der Waals surface area (Å²) in [5, 5.41) is 0. The van der Waals surface area contributed by atoms with Crippen LogP contribution in [0.5, 0.6) is 11.5 Å². The maximum absolute atomic E-state index is 12.5. The molecule has 2 rings (SSSR count). The van der Waals surface area contributed by atoms with Crippen LogP contribution in [0, 0.1) is 0 Å². The molecule has 0 aromatic heterocycles. The van der Waals surface area contributed by atoms with Crippen molar-refractivity contribution < 1.29 is 32.2 Å². The van der Waals surface area contributed by atoms with E-state index >= 15 is 0 Å². The molecule has 0 aliphatic heterocycles. The maximum Gasteiger partial charge on any atom is 0.416 e. The fourth-order valence-electron chi connectivity index (χ4n) is 2.14. The summed E-state index contributed by atoms with van der Waals surface area (Å²) >= 11 is 0. The first-order valence-corrected chi connectivity index (χ1v) is 8.37. The molecule has 2 aromatic rings. The lowest BCUT2D eigenvalue weighted by atomic mass is 10.1. The van der Waals surface area contributed by atoms with Crippen LogP contribution in [0.25, 0.3) is 0 Å². The second kappa shape index (κ2) is 9.12. The summed E-state index contributed by atoms with van der Waals surface area (Å²) in [4.78, 5) is 23.9. The predicted octanol–water partition coefficient (Wildman–Crippen LogP) is 3.33. The highest BCUT2D eigenvalue weighted by Gasteiger charge is 2.30. The number of halogens is 3. The van der Waals surface area contributed by atoms with Gasteiger partial charge in [-0.3, -0.25) is 20.4 Å². The van der Waals surface area contributed by atoms with Crippen LogP contribution in [0.4, 0.5) is 13.2 Å². The minimum Gasteiger partial charge on any atom is -0.494 e. The summed E-state index contributed by atoms with van der Waals surface area (Å²) in [5.74, 6) is -0.291. The Morgan fingerprint density at radius 3 is 2.07 bits per heavy atom. The number of rotatable bonds is 6. The molecule has 0 fully saturated rings. The van der Waals surface area contributed by atoms with E-state index in [0.717, 1.165) is 24.3 Å². The highest BCUT2D eigenvalue weighted by molar-refractivity contribution is 5.95. The normalized spacial score (nSPS) is 12.0. The number of hydrazine groups is 1. The van der Waals surface area contributed by atoms with Crippen LogP contribution in [0.2, 0.25) is 0 Å². The highest BCUT2D eigenvalue weighted by atomic mass is 19.4. The molecule has 0 heterocycles. The Morgan fingerprint density at radius 2 is 1.54 bits per heavy atom. The lowest BCUT2D eigenvalue weighted by Crippen LogP contribution is -2.47. The van der Waals surface area contributed by atoms with Crippen molar-refractivity contribution in [3.63, 3.8) is 0 Å². The van der Waals surface area contributed by atoms with Crippen LogP contribution < -0.4 is 20.3 Å². The topological polar surface area (TPSA) is 76.7 Å². The van der Waals surface area contributed by atoms with E-state index in [1.807, 2.05) is 6.92 Å². The third-order valence-electron chi connectivity index (χ3n) is 3.59. The zero-order valence-corrected chi connectivity index (χ0v) is 15.2. The van der Waals surface area contributed by atoms with Crippen molar-refractivity contribution in [2.75, 3.05) is 6.61 Å². The van der Waals surface area contributed by atoms with E-state index < -0.39 is 29.7 Å². The van der Waals surface area contributed by atoms with Gasteiger partial charge in [0.15, 0.2) is 6.10 Å². The lowest BCUT2D eigenvalue weighted by molar-refractivity contribution is -0.137. The average Bonchev–Trinajstić information content (AvgIpc) is 2.67. The van der Waals surface area contributed by atoms with Crippen molar-refractivity contribution in [3.8, 4) is 11.5 Å². The Kier molecular flexibility index (Phi) is 6.86. The van der Waals surface area contributed by atoms with Gasteiger partial charge >= 0.3 is 6.18 Å². The zero-order valence-electron chi connectivity index (χ0n) is 15.2. The third kappa shape index (κ3) is 5.90. The van der Waals surface area contributed by atoms with Crippen molar-refractivity contribution in [2.45, 2.75) is 26.1 Å². The van der Waals surface area contributed by atoms with Crippen molar-refractivity contribution >= 4 is 11.8 Å². The van der Waals surface area contributed by atoms with Gasteiger partial charge in [-0.1, -0.05) is 0 Å². The van der Waals surface area contributed by atoms with Gasteiger partial charge in [0, 0.05) is 5.56 Å². The van der Waals surface area contributed by atoms with Crippen LogP contribution in [0.1, 0.15) is 29.8 Å². The summed E-state index contributed by atoms with van der Waals surface area (Å²) in [7, 11) is 0. The monoisotopic (exact) mass is 396 g/mol. The molecule has 2 N–H and O–H groups in total. The second-order valence-corrected chi connectivity index (χ2v) is 5.68. The van der Waals surface area contributed by atoms with Gasteiger partial charge in [-0.25, -0.2) is 0 Å². The van der Waals surface area contributed by atoms with Gasteiger partial charge in [0.25, 0.3) is 11.8 Å². The van der Waals surface area contributed by atoms with Gasteiger partial charge in [-0.15, -0.1) is 0 Å². The number of nitrogens with one attached hydrogen (secondary N) is 2. The van der Waals surface area contributed by atoms with E-state index in [4.69, 9.17) is 9.47 Å². The van der Waals surface area contributed by atoms with E-state index in [0.29, 0.717) is 18.1 Å². The summed E-state index contributed by atoms with van der Waals surface area (Å²) in [6.45, 7) is 3.86. The van der Waals surface area contributed by atoms with Gasteiger partial charge in [0.1, 0.15) is 11.5 Å². The molecule has 1 atom stereocenters. The van der Waals surface area contributed by atoms with Crippen molar-refractivity contribution in [1.82, 2.24) is 10.9 Å². The van der Waals surface area contributed by atoms with Gasteiger partial charge in [0.05, 0.1) is 12.2 Å². The first-order chi connectivity index (χ1) is 13.2. The fourth-order valence-corrected chi connectivity index (χ4v) is 2.14. The van der Waals surface area contributed by atoms with Crippen molar-refractivity contribution in [3.05, 3.63) is 59.7 Å². The van der Waals surface area contributed by atoms with E-state index in [-0.39, 0.29) is 5.56 Å². The molecule has 0 bridgehead atoms. The molecule has 150 valence electrons. The molecule has 0 spiro atoms. The maximum atomic E-state index is 12.5. The number of alkyl halides is 3. The second-order valence-electron chi connectivity index (χ2n) is 5.68. The molecule has 0 unspecified atom stereocenters. The number of benzene rings is 2. The summed E-state index contributed by atoms with van der Waals surface area (Å²) in [6, 6.07) is 10.3. The third-order valence-corrected chi connectivity index (χ3v) is 3.59. The van der Waals surface area contributed by atoms with Crippen LogP contribution >= 0.6 is 0 Å². The first-order valence-electron chi connectivity index (χ1n) is 8.37. The molecule has 9 heteroatoms. The number of amides is 2. The van der Waals surface area contributed by atoms with Crippen LogP contribution in [0.3, 0.4) is 0 Å². The number of carbonyl (C=O) groups is 2. The van der Waals surface area contributed by atoms with Gasteiger partial charge in [-0.05, 0) is 62.4 Å². The Bertz CT molecular complexity index is 805. The Hall–Kier alpha value is -3.23. The molecule has 0 aliphatic rings. The summed E-state index contributed by atoms with van der Waals surface area (Å²) in [6.07, 6.45) is -5.41. The molecule has 28 heavy (non-hydrogen) atoms. The summed E-state index contributed by atoms with van der Waals surface area (Å²) in [5.41, 5.74) is 3.39. The van der Waals surface area contributed by atoms with Gasteiger partial charge < -0.3 is 9.47 Å². The number of hydrogen-bond donors (Lipinski definition) is 2. The number of ether oxygens (including phenoxy) is 2. The highest BCUT2D eigenvalue weighted by Crippen LogP contribution is 2.29. The predicted molar refractivity (Wildman–Crippen MR) is 94.8 cm³/mol. The van der Waals surface area contributed by atoms with E-state index in [2.05, 4.69) is 10.9 Å². The average molecular weight is 396 g/mol.